The highest BCUT2D eigenvalue weighted by molar-refractivity contribution is 6.02. The molecule has 0 aliphatic rings. The predicted octanol–water partition coefficient (Wildman–Crippen LogP) is 2.57. The summed E-state index contributed by atoms with van der Waals surface area (Å²) in [5.41, 5.74) is 6.78. The summed E-state index contributed by atoms with van der Waals surface area (Å²) in [7, 11) is 0. The summed E-state index contributed by atoms with van der Waals surface area (Å²) in [6.07, 6.45) is 2.86. The summed E-state index contributed by atoms with van der Waals surface area (Å²) in [5, 5.41) is 4.23. The average Bonchev–Trinajstić information content (AvgIpc) is 2.95. The first-order valence-corrected chi connectivity index (χ1v) is 6.55. The number of benzene rings is 1. The van der Waals surface area contributed by atoms with E-state index in [0.717, 1.165) is 5.69 Å². The third kappa shape index (κ3) is 2.44. The smallest absolute Gasteiger partial charge is 0.201 e. The van der Waals surface area contributed by atoms with Gasteiger partial charge >= 0.3 is 0 Å². The van der Waals surface area contributed by atoms with Crippen LogP contribution in [0.5, 0.6) is 0 Å². The molecule has 0 aliphatic heterocycles. The maximum absolute atomic E-state index is 12.6. The predicted molar refractivity (Wildman–Crippen MR) is 75.4 cm³/mol. The van der Waals surface area contributed by atoms with E-state index in [1.807, 2.05) is 44.2 Å². The molecule has 1 aromatic carbocycles. The van der Waals surface area contributed by atoms with Gasteiger partial charge in [0.2, 0.25) is 5.78 Å². The van der Waals surface area contributed by atoms with Crippen LogP contribution in [0, 0.1) is 0 Å². The first-order valence-electron chi connectivity index (χ1n) is 6.55. The molecule has 4 heteroatoms. The Bertz CT molecular complexity index is 556. The first kappa shape index (κ1) is 13.5. The number of carbonyl (C=O) groups is 1. The topological polar surface area (TPSA) is 60.9 Å². The normalized spacial score (nSPS) is 11.5. The van der Waals surface area contributed by atoms with Gasteiger partial charge in [-0.15, -0.1) is 0 Å². The summed E-state index contributed by atoms with van der Waals surface area (Å²) in [4.78, 5) is 12.6. The van der Waals surface area contributed by atoms with Crippen LogP contribution in [0.15, 0.2) is 42.6 Å². The van der Waals surface area contributed by atoms with E-state index < -0.39 is 5.54 Å². The molecule has 0 unspecified atom stereocenters. The fourth-order valence-corrected chi connectivity index (χ4v) is 2.08. The molecule has 0 fully saturated rings. The Balaban J connectivity index is 2.43. The molecular weight excluding hydrogens is 238 g/mol. The highest BCUT2D eigenvalue weighted by Gasteiger charge is 2.33. The number of rotatable bonds is 5. The quantitative estimate of drug-likeness (QED) is 0.837. The third-order valence-corrected chi connectivity index (χ3v) is 3.59. The van der Waals surface area contributed by atoms with Crippen molar-refractivity contribution in [2.75, 3.05) is 0 Å². The zero-order chi connectivity index (χ0) is 13.9. The zero-order valence-electron chi connectivity index (χ0n) is 11.3. The summed E-state index contributed by atoms with van der Waals surface area (Å²) in [5.74, 6) is -0.0566. The lowest BCUT2D eigenvalue weighted by Crippen LogP contribution is -2.47. The van der Waals surface area contributed by atoms with Gasteiger partial charge in [0, 0.05) is 0 Å². The zero-order valence-corrected chi connectivity index (χ0v) is 11.3. The average molecular weight is 257 g/mol. The van der Waals surface area contributed by atoms with E-state index in [4.69, 9.17) is 5.73 Å². The fraction of sp³-hybridized carbons (Fsp3) is 0.333. The largest absolute Gasteiger partial charge is 0.319 e. The number of hydrogen-bond donors (Lipinski definition) is 1. The van der Waals surface area contributed by atoms with Crippen LogP contribution in [0.2, 0.25) is 0 Å². The molecule has 1 aromatic heterocycles. The maximum atomic E-state index is 12.6. The minimum atomic E-state index is -0.813. The van der Waals surface area contributed by atoms with Crippen LogP contribution in [-0.4, -0.2) is 21.1 Å². The van der Waals surface area contributed by atoms with Crippen molar-refractivity contribution in [3.8, 4) is 5.69 Å². The SMILES string of the molecule is CCC(N)(CC)C(=O)c1ccnn1-c1ccccc1. The Kier molecular flexibility index (Phi) is 3.81. The van der Waals surface area contributed by atoms with Crippen molar-refractivity contribution in [3.05, 3.63) is 48.3 Å². The Morgan fingerprint density at radius 3 is 2.42 bits per heavy atom. The van der Waals surface area contributed by atoms with Crippen molar-refractivity contribution in [3.63, 3.8) is 0 Å². The van der Waals surface area contributed by atoms with E-state index in [2.05, 4.69) is 5.10 Å². The Morgan fingerprint density at radius 2 is 1.84 bits per heavy atom. The number of nitrogens with two attached hydrogens (primary N) is 1. The summed E-state index contributed by atoms with van der Waals surface area (Å²) in [6.45, 7) is 3.87. The molecule has 0 radical (unpaired) electrons. The number of nitrogens with zero attached hydrogens (tertiary/aromatic N) is 2. The first-order chi connectivity index (χ1) is 9.12. The van der Waals surface area contributed by atoms with Gasteiger partial charge in [0.05, 0.1) is 17.4 Å². The van der Waals surface area contributed by atoms with Crippen LogP contribution >= 0.6 is 0 Å². The Hall–Kier alpha value is -1.94. The molecule has 1 heterocycles. The molecular formula is C15H19N3O. The van der Waals surface area contributed by atoms with Crippen molar-refractivity contribution in [1.29, 1.82) is 0 Å². The van der Waals surface area contributed by atoms with E-state index in [-0.39, 0.29) is 5.78 Å². The van der Waals surface area contributed by atoms with Crippen LogP contribution in [0.1, 0.15) is 37.2 Å². The van der Waals surface area contributed by atoms with E-state index in [9.17, 15) is 4.79 Å². The van der Waals surface area contributed by atoms with Crippen molar-refractivity contribution < 1.29 is 4.79 Å². The fourth-order valence-electron chi connectivity index (χ4n) is 2.08. The number of para-hydroxylation sites is 1. The number of aromatic nitrogens is 2. The van der Waals surface area contributed by atoms with Gasteiger partial charge in [0.15, 0.2) is 0 Å². The van der Waals surface area contributed by atoms with E-state index in [1.165, 1.54) is 0 Å². The second-order valence-electron chi connectivity index (χ2n) is 4.66. The molecule has 2 N–H and O–H groups in total. The second-order valence-corrected chi connectivity index (χ2v) is 4.66. The van der Waals surface area contributed by atoms with Gasteiger partial charge in [0.25, 0.3) is 0 Å². The van der Waals surface area contributed by atoms with Crippen molar-refractivity contribution >= 4 is 5.78 Å². The van der Waals surface area contributed by atoms with E-state index >= 15 is 0 Å². The molecule has 4 nitrogen and oxygen atoms in total. The highest BCUT2D eigenvalue weighted by atomic mass is 16.1. The molecule has 0 bridgehead atoms. The second kappa shape index (κ2) is 5.36. The molecule has 0 spiro atoms. The van der Waals surface area contributed by atoms with Crippen LogP contribution in [0.4, 0.5) is 0 Å². The van der Waals surface area contributed by atoms with Gasteiger partial charge in [-0.3, -0.25) is 4.79 Å². The highest BCUT2D eigenvalue weighted by Crippen LogP contribution is 2.20. The third-order valence-electron chi connectivity index (χ3n) is 3.59. The molecule has 0 atom stereocenters. The van der Waals surface area contributed by atoms with Crippen molar-refractivity contribution in [1.82, 2.24) is 9.78 Å². The lowest BCUT2D eigenvalue weighted by molar-refractivity contribution is 0.0871. The molecule has 19 heavy (non-hydrogen) atoms. The molecule has 0 saturated carbocycles. The molecule has 0 saturated heterocycles. The van der Waals surface area contributed by atoms with Crippen LogP contribution in [-0.2, 0) is 0 Å². The standard InChI is InChI=1S/C15H19N3O/c1-3-15(16,4-2)14(19)13-10-11-17-18(13)12-8-6-5-7-9-12/h5-11H,3-4,16H2,1-2H3. The Labute approximate surface area is 113 Å². The number of Topliss-reactive ketones (excluding diaryl/α,β-unsaturated/α-hetero) is 1. The summed E-state index contributed by atoms with van der Waals surface area (Å²) < 4.78 is 1.65. The van der Waals surface area contributed by atoms with Crippen molar-refractivity contribution in [2.24, 2.45) is 5.73 Å². The molecule has 2 rings (SSSR count). The van der Waals surface area contributed by atoms with Crippen LogP contribution in [0.3, 0.4) is 0 Å². The van der Waals surface area contributed by atoms with Gasteiger partial charge in [-0.25, -0.2) is 4.68 Å². The number of hydrogen-bond acceptors (Lipinski definition) is 3. The monoisotopic (exact) mass is 257 g/mol. The van der Waals surface area contributed by atoms with Gasteiger partial charge in [0.1, 0.15) is 5.69 Å². The molecule has 100 valence electrons. The lowest BCUT2D eigenvalue weighted by Gasteiger charge is -2.25. The van der Waals surface area contributed by atoms with Crippen LogP contribution < -0.4 is 5.73 Å². The van der Waals surface area contributed by atoms with Crippen LogP contribution in [0.25, 0.3) is 5.69 Å². The van der Waals surface area contributed by atoms with Gasteiger partial charge < -0.3 is 5.73 Å². The van der Waals surface area contributed by atoms with Gasteiger partial charge in [-0.05, 0) is 31.0 Å². The van der Waals surface area contributed by atoms with Gasteiger partial charge in [-0.1, -0.05) is 32.0 Å². The van der Waals surface area contributed by atoms with Crippen molar-refractivity contribution in [2.45, 2.75) is 32.2 Å². The maximum Gasteiger partial charge on any atom is 0.201 e. The minimum absolute atomic E-state index is 0.0566. The summed E-state index contributed by atoms with van der Waals surface area (Å²) >= 11 is 0. The lowest BCUT2D eigenvalue weighted by atomic mass is 9.87. The minimum Gasteiger partial charge on any atom is -0.319 e. The number of carbonyl (C=O) groups excluding carboxylic acids is 1. The van der Waals surface area contributed by atoms with E-state index in [0.29, 0.717) is 18.5 Å². The van der Waals surface area contributed by atoms with E-state index in [1.54, 1.807) is 16.9 Å². The number of ketones is 1. The van der Waals surface area contributed by atoms with Gasteiger partial charge in [-0.2, -0.15) is 5.10 Å². The summed E-state index contributed by atoms with van der Waals surface area (Å²) in [6, 6.07) is 11.3. The molecule has 2 aromatic rings. The molecule has 0 aliphatic carbocycles. The Morgan fingerprint density at radius 1 is 1.21 bits per heavy atom. The molecule has 0 amide bonds.